The van der Waals surface area contributed by atoms with E-state index in [-0.39, 0.29) is 0 Å². The summed E-state index contributed by atoms with van der Waals surface area (Å²) in [5, 5.41) is 0. The molecule has 1 aromatic carbocycles. The predicted molar refractivity (Wildman–Crippen MR) is 66.3 cm³/mol. The molecule has 0 aliphatic carbocycles. The lowest BCUT2D eigenvalue weighted by molar-refractivity contribution is 1.45. The van der Waals surface area contributed by atoms with Crippen molar-refractivity contribution >= 4 is 27.3 Å². The molecule has 1 rings (SSSR count). The van der Waals surface area contributed by atoms with Gasteiger partial charge in [0, 0.05) is 16.2 Å². The lowest BCUT2D eigenvalue weighted by Crippen LogP contribution is -2.03. The van der Waals surface area contributed by atoms with Crippen molar-refractivity contribution in [2.75, 3.05) is 5.73 Å². The van der Waals surface area contributed by atoms with Crippen LogP contribution in [-0.2, 0) is 0 Å². The molecule has 0 unspecified atom stereocenters. The largest absolute Gasteiger partial charge is 0.403 e. The van der Waals surface area contributed by atoms with Crippen molar-refractivity contribution < 1.29 is 0 Å². The number of rotatable bonds is 1. The van der Waals surface area contributed by atoms with E-state index in [4.69, 9.17) is 17.2 Å². The standard InChI is InChI=1S/C8H10BrN3.C2H6/c9-6-3-1-2-5(8(6)12)7(11)4-10;1-2/h1-4H,10-12H2;1-2H3/b7-4+;. The number of hydrogen-bond acceptors (Lipinski definition) is 3. The molecule has 0 aliphatic heterocycles. The average molecular weight is 258 g/mol. The normalized spacial score (nSPS) is 10.4. The molecule has 0 spiro atoms. The molecule has 6 N–H and O–H groups in total. The Balaban J connectivity index is 0.000000791. The van der Waals surface area contributed by atoms with Crippen LogP contribution in [0.2, 0.25) is 0 Å². The number of nitrogens with two attached hydrogens (primary N) is 3. The lowest BCUT2D eigenvalue weighted by atomic mass is 10.1. The number of para-hydroxylation sites is 1. The van der Waals surface area contributed by atoms with E-state index in [1.165, 1.54) is 6.20 Å². The zero-order valence-corrected chi connectivity index (χ0v) is 10.0. The Hall–Kier alpha value is -1.16. The van der Waals surface area contributed by atoms with Crippen LogP contribution in [0.15, 0.2) is 28.9 Å². The van der Waals surface area contributed by atoms with Gasteiger partial charge < -0.3 is 17.2 Å². The molecule has 0 atom stereocenters. The van der Waals surface area contributed by atoms with Crippen molar-refractivity contribution in [1.82, 2.24) is 0 Å². The second-order valence-electron chi connectivity index (χ2n) is 2.32. The van der Waals surface area contributed by atoms with Gasteiger partial charge in [0.05, 0.1) is 11.4 Å². The van der Waals surface area contributed by atoms with Gasteiger partial charge in [-0.3, -0.25) is 0 Å². The van der Waals surface area contributed by atoms with Crippen molar-refractivity contribution in [2.45, 2.75) is 13.8 Å². The molecule has 0 aliphatic rings. The van der Waals surface area contributed by atoms with E-state index in [0.29, 0.717) is 11.4 Å². The molecule has 0 bridgehead atoms. The maximum absolute atomic E-state index is 5.74. The molecular weight excluding hydrogens is 242 g/mol. The number of anilines is 1. The molecule has 0 heterocycles. The Kier molecular flexibility index (Phi) is 5.79. The fourth-order valence-electron chi connectivity index (χ4n) is 0.879. The lowest BCUT2D eigenvalue weighted by Gasteiger charge is -2.06. The van der Waals surface area contributed by atoms with E-state index in [2.05, 4.69) is 15.9 Å². The highest BCUT2D eigenvalue weighted by atomic mass is 79.9. The summed E-state index contributed by atoms with van der Waals surface area (Å²) in [6, 6.07) is 5.52. The molecule has 0 radical (unpaired) electrons. The zero-order chi connectivity index (χ0) is 11.1. The second kappa shape index (κ2) is 6.32. The van der Waals surface area contributed by atoms with Crippen molar-refractivity contribution in [3.63, 3.8) is 0 Å². The Labute approximate surface area is 93.1 Å². The summed E-state index contributed by atoms with van der Waals surface area (Å²) in [7, 11) is 0. The van der Waals surface area contributed by atoms with Crippen LogP contribution in [0.1, 0.15) is 19.4 Å². The van der Waals surface area contributed by atoms with E-state index in [1.807, 2.05) is 32.0 Å². The number of halogens is 1. The minimum Gasteiger partial charge on any atom is -0.403 e. The summed E-state index contributed by atoms with van der Waals surface area (Å²) in [5.74, 6) is 0. The van der Waals surface area contributed by atoms with Gasteiger partial charge in [0.25, 0.3) is 0 Å². The van der Waals surface area contributed by atoms with Gasteiger partial charge in [0.2, 0.25) is 0 Å². The third-order valence-corrected chi connectivity index (χ3v) is 2.23. The first kappa shape index (κ1) is 12.8. The van der Waals surface area contributed by atoms with Gasteiger partial charge in [-0.1, -0.05) is 26.0 Å². The third-order valence-electron chi connectivity index (χ3n) is 1.54. The Morgan fingerprint density at radius 2 is 1.93 bits per heavy atom. The van der Waals surface area contributed by atoms with E-state index in [1.54, 1.807) is 0 Å². The first-order valence-corrected chi connectivity index (χ1v) is 5.18. The summed E-state index contributed by atoms with van der Waals surface area (Å²) >= 11 is 3.29. The van der Waals surface area contributed by atoms with Gasteiger partial charge >= 0.3 is 0 Å². The van der Waals surface area contributed by atoms with Crippen LogP contribution in [0.4, 0.5) is 5.69 Å². The Bertz CT molecular complexity index is 321. The van der Waals surface area contributed by atoms with Crippen LogP contribution >= 0.6 is 15.9 Å². The second-order valence-corrected chi connectivity index (χ2v) is 3.18. The van der Waals surface area contributed by atoms with E-state index >= 15 is 0 Å². The van der Waals surface area contributed by atoms with Crippen LogP contribution in [0.25, 0.3) is 5.70 Å². The van der Waals surface area contributed by atoms with E-state index in [0.717, 1.165) is 10.0 Å². The van der Waals surface area contributed by atoms with Crippen molar-refractivity contribution in [2.24, 2.45) is 11.5 Å². The van der Waals surface area contributed by atoms with E-state index in [9.17, 15) is 0 Å². The summed E-state index contributed by atoms with van der Waals surface area (Å²) in [4.78, 5) is 0. The van der Waals surface area contributed by atoms with Crippen LogP contribution in [0.5, 0.6) is 0 Å². The Morgan fingerprint density at radius 3 is 2.43 bits per heavy atom. The molecule has 0 saturated carbocycles. The van der Waals surface area contributed by atoms with Crippen LogP contribution < -0.4 is 17.2 Å². The number of benzene rings is 1. The van der Waals surface area contributed by atoms with E-state index < -0.39 is 0 Å². The minimum absolute atomic E-state index is 0.480. The Morgan fingerprint density at radius 1 is 1.36 bits per heavy atom. The first-order chi connectivity index (χ1) is 6.66. The van der Waals surface area contributed by atoms with Gasteiger partial charge in [-0.25, -0.2) is 0 Å². The maximum Gasteiger partial charge on any atom is 0.0566 e. The third kappa shape index (κ3) is 2.96. The molecule has 0 amide bonds. The first-order valence-electron chi connectivity index (χ1n) is 4.38. The highest BCUT2D eigenvalue weighted by molar-refractivity contribution is 9.10. The summed E-state index contributed by atoms with van der Waals surface area (Å²) in [5.41, 5.74) is 18.4. The highest BCUT2D eigenvalue weighted by Gasteiger charge is 2.03. The molecule has 78 valence electrons. The summed E-state index contributed by atoms with van der Waals surface area (Å²) < 4.78 is 0.824. The fourth-order valence-corrected chi connectivity index (χ4v) is 1.24. The molecule has 1 aromatic rings. The van der Waals surface area contributed by atoms with Crippen molar-refractivity contribution in [1.29, 1.82) is 0 Å². The predicted octanol–water partition coefficient (Wildman–Crippen LogP) is 2.27. The topological polar surface area (TPSA) is 78.1 Å². The van der Waals surface area contributed by atoms with Crippen LogP contribution in [0, 0.1) is 0 Å². The van der Waals surface area contributed by atoms with Crippen LogP contribution in [-0.4, -0.2) is 0 Å². The SMILES string of the molecule is CC.N/C=C(/N)c1cccc(Br)c1N. The van der Waals surface area contributed by atoms with Crippen molar-refractivity contribution in [3.8, 4) is 0 Å². The smallest absolute Gasteiger partial charge is 0.0566 e. The van der Waals surface area contributed by atoms with Gasteiger partial charge in [-0.05, 0) is 22.0 Å². The molecule has 3 nitrogen and oxygen atoms in total. The maximum atomic E-state index is 5.74. The van der Waals surface area contributed by atoms with Gasteiger partial charge in [0.1, 0.15) is 0 Å². The summed E-state index contributed by atoms with van der Waals surface area (Å²) in [6.45, 7) is 4.00. The molecule has 0 fully saturated rings. The molecule has 4 heteroatoms. The average Bonchev–Trinajstić information content (AvgIpc) is 2.24. The zero-order valence-electron chi connectivity index (χ0n) is 8.42. The molecule has 0 saturated heterocycles. The monoisotopic (exact) mass is 257 g/mol. The highest BCUT2D eigenvalue weighted by Crippen LogP contribution is 2.25. The van der Waals surface area contributed by atoms with Crippen LogP contribution in [0.3, 0.4) is 0 Å². The van der Waals surface area contributed by atoms with Gasteiger partial charge in [0.15, 0.2) is 0 Å². The minimum atomic E-state index is 0.480. The molecule has 0 aromatic heterocycles. The van der Waals surface area contributed by atoms with Gasteiger partial charge in [-0.2, -0.15) is 0 Å². The molecule has 14 heavy (non-hydrogen) atoms. The van der Waals surface area contributed by atoms with Crippen molar-refractivity contribution in [3.05, 3.63) is 34.4 Å². The number of hydrogen-bond donors (Lipinski definition) is 3. The summed E-state index contributed by atoms with van der Waals surface area (Å²) in [6.07, 6.45) is 1.33. The fraction of sp³-hybridized carbons (Fsp3) is 0.200. The molecular formula is C10H16BrN3. The van der Waals surface area contributed by atoms with Gasteiger partial charge in [-0.15, -0.1) is 0 Å². The quantitative estimate of drug-likeness (QED) is 0.676. The number of nitrogen functional groups attached to an aromatic ring is 1.